The predicted molar refractivity (Wildman–Crippen MR) is 144 cm³/mol. The van der Waals surface area contributed by atoms with Gasteiger partial charge in [-0.3, -0.25) is 25.1 Å². The minimum absolute atomic E-state index is 0.0476. The molecule has 26 heteroatoms. The van der Waals surface area contributed by atoms with Crippen LogP contribution in [0.3, 0.4) is 0 Å². The highest BCUT2D eigenvalue weighted by Crippen LogP contribution is 2.16. The summed E-state index contributed by atoms with van der Waals surface area (Å²) in [6, 6.07) is 0. The van der Waals surface area contributed by atoms with Gasteiger partial charge in [0.25, 0.3) is 60.7 Å². The van der Waals surface area contributed by atoms with Crippen molar-refractivity contribution < 1.29 is 85.8 Å². The molecule has 0 saturated carbocycles. The molecule has 0 bridgehead atoms. The Kier molecular flexibility index (Phi) is 18.4. The van der Waals surface area contributed by atoms with Crippen LogP contribution >= 0.6 is 0 Å². The molecule has 0 aliphatic heterocycles. The van der Waals surface area contributed by atoms with Gasteiger partial charge in [0.05, 0.1) is 64.0 Å². The zero-order valence-electron chi connectivity index (χ0n) is 23.2. The molecule has 0 heterocycles. The minimum atomic E-state index is -4.30. The number of hydrogen-bond donors (Lipinski definition) is 2. The third kappa shape index (κ3) is 29.5. The first kappa shape index (κ1) is 43.5. The molecule has 2 N–H and O–H groups in total. The van der Waals surface area contributed by atoms with E-state index in [-0.39, 0.29) is 13.2 Å². The van der Waals surface area contributed by atoms with Crippen LogP contribution in [-0.4, -0.2) is 149 Å². The van der Waals surface area contributed by atoms with E-state index in [1.165, 1.54) is 0 Å². The summed E-state index contributed by atoms with van der Waals surface area (Å²) < 4.78 is 158. The highest BCUT2D eigenvalue weighted by atomic mass is 32.2. The van der Waals surface area contributed by atoms with Gasteiger partial charge in [-0.05, 0) is 12.8 Å². The van der Waals surface area contributed by atoms with E-state index in [0.717, 1.165) is 12.5 Å². The van der Waals surface area contributed by atoms with Crippen LogP contribution in [0.4, 0.5) is 0 Å². The van der Waals surface area contributed by atoms with Crippen LogP contribution in [0.25, 0.3) is 0 Å². The molecule has 0 aliphatic carbocycles. The van der Waals surface area contributed by atoms with E-state index in [1.54, 1.807) is 0 Å². The van der Waals surface area contributed by atoms with Gasteiger partial charge in [0, 0.05) is 0 Å². The molecule has 0 aromatic carbocycles. The van der Waals surface area contributed by atoms with Gasteiger partial charge in [-0.1, -0.05) is 0 Å². The van der Waals surface area contributed by atoms with Crippen LogP contribution in [0.15, 0.2) is 0 Å². The Labute approximate surface area is 246 Å². The number of aliphatic hydroxyl groups is 2. The fraction of sp³-hybridized carbons (Fsp3) is 1.00. The van der Waals surface area contributed by atoms with Crippen LogP contribution in [0.5, 0.6) is 0 Å². The molecule has 0 fully saturated rings. The van der Waals surface area contributed by atoms with Crippen molar-refractivity contribution >= 4 is 60.7 Å². The standard InChI is InChI=1S/C10H22O14S4.C6H14O6S2/c1-25(13,14)21-5-7(23-27(3,17)18)9(11)10(12)8(24-28(4,19)20)6-22-26(2,15)16;1-13(7,8)11-5-3-4-6-12-14(2,9)10/h7-12H,5-6H2,1-4H3;3-6H2,1-2H3/t7-,8-,9-,10-;/m1./s1. The maximum Gasteiger partial charge on any atom is 0.264 e. The van der Waals surface area contributed by atoms with Crippen LogP contribution in [-0.2, 0) is 85.8 Å². The van der Waals surface area contributed by atoms with Crippen molar-refractivity contribution in [2.24, 2.45) is 0 Å². The number of unbranched alkanes of at least 4 members (excludes halogenated alkanes) is 1. The quantitative estimate of drug-likeness (QED) is 0.0889. The van der Waals surface area contributed by atoms with E-state index in [0.29, 0.717) is 37.9 Å². The second kappa shape index (κ2) is 17.8. The van der Waals surface area contributed by atoms with Crippen molar-refractivity contribution in [2.75, 3.05) is 64.0 Å². The zero-order valence-corrected chi connectivity index (χ0v) is 28.1. The molecule has 0 unspecified atom stereocenters. The first-order valence-corrected chi connectivity index (χ1v) is 21.8. The Hall–Kier alpha value is -0.620. The summed E-state index contributed by atoms with van der Waals surface area (Å²) in [7, 11) is -23.6. The number of rotatable bonds is 20. The molecule has 42 heavy (non-hydrogen) atoms. The molecule has 0 saturated heterocycles. The maximum absolute atomic E-state index is 11.3. The Morgan fingerprint density at radius 3 is 0.857 bits per heavy atom. The van der Waals surface area contributed by atoms with E-state index < -0.39 is 98.3 Å². The van der Waals surface area contributed by atoms with Gasteiger partial charge in [-0.25, -0.2) is 0 Å². The van der Waals surface area contributed by atoms with Gasteiger partial charge < -0.3 is 10.2 Å². The molecule has 0 aromatic heterocycles. The lowest BCUT2D eigenvalue weighted by Gasteiger charge is -2.29. The molecule has 0 aliphatic rings. The van der Waals surface area contributed by atoms with Crippen molar-refractivity contribution in [3.63, 3.8) is 0 Å². The Morgan fingerprint density at radius 1 is 0.429 bits per heavy atom. The number of aliphatic hydroxyl groups excluding tert-OH is 2. The van der Waals surface area contributed by atoms with Crippen LogP contribution in [0.1, 0.15) is 12.8 Å². The van der Waals surface area contributed by atoms with Gasteiger partial charge in [0.1, 0.15) is 24.4 Å². The smallest absolute Gasteiger partial charge is 0.264 e. The summed E-state index contributed by atoms with van der Waals surface area (Å²) in [5.74, 6) is 0. The third-order valence-electron chi connectivity index (χ3n) is 3.73. The molecule has 256 valence electrons. The second-order valence-electron chi connectivity index (χ2n) is 8.40. The summed E-state index contributed by atoms with van der Waals surface area (Å²) in [4.78, 5) is 0. The van der Waals surface area contributed by atoms with Gasteiger partial charge >= 0.3 is 0 Å². The summed E-state index contributed by atoms with van der Waals surface area (Å²) in [5.41, 5.74) is 0. The topological polar surface area (TPSA) is 301 Å². The first-order chi connectivity index (χ1) is 18.4. The lowest BCUT2D eigenvalue weighted by molar-refractivity contribution is -0.103. The summed E-state index contributed by atoms with van der Waals surface area (Å²) >= 11 is 0. The molecule has 0 radical (unpaired) electrons. The van der Waals surface area contributed by atoms with Gasteiger partial charge in [-0.15, -0.1) is 0 Å². The highest BCUT2D eigenvalue weighted by molar-refractivity contribution is 7.87. The Morgan fingerprint density at radius 2 is 0.667 bits per heavy atom. The Bertz CT molecular complexity index is 1350. The average Bonchev–Trinajstić information content (AvgIpc) is 2.72. The van der Waals surface area contributed by atoms with Crippen LogP contribution < -0.4 is 0 Å². The maximum atomic E-state index is 11.3. The SMILES string of the molecule is CS(=O)(=O)OCCCCOS(C)(=O)=O.CS(=O)(=O)OC[C@@H](OS(C)(=O)=O)[C@@H](O)[C@H](O)[C@@H](COS(C)(=O)=O)OS(C)(=O)=O. The summed E-state index contributed by atoms with van der Waals surface area (Å²) in [5, 5.41) is 20.3. The van der Waals surface area contributed by atoms with Crippen molar-refractivity contribution in [3.05, 3.63) is 0 Å². The van der Waals surface area contributed by atoms with Crippen molar-refractivity contribution in [1.82, 2.24) is 0 Å². The predicted octanol–water partition coefficient (Wildman–Crippen LogP) is -3.93. The fourth-order valence-electron chi connectivity index (χ4n) is 2.26. The van der Waals surface area contributed by atoms with E-state index >= 15 is 0 Å². The monoisotopic (exact) mass is 740 g/mol. The third-order valence-corrected chi connectivity index (χ3v) is 7.25. The zero-order chi connectivity index (χ0) is 33.8. The average molecular weight is 741 g/mol. The van der Waals surface area contributed by atoms with Crippen LogP contribution in [0, 0.1) is 0 Å². The molecule has 0 amide bonds. The molecule has 0 aromatic rings. The van der Waals surface area contributed by atoms with E-state index in [4.69, 9.17) is 0 Å². The molecule has 0 spiro atoms. The van der Waals surface area contributed by atoms with Crippen LogP contribution in [0.2, 0.25) is 0 Å². The highest BCUT2D eigenvalue weighted by Gasteiger charge is 2.38. The lowest BCUT2D eigenvalue weighted by Crippen LogP contribution is -2.50. The summed E-state index contributed by atoms with van der Waals surface area (Å²) in [6.45, 7) is -2.07. The van der Waals surface area contributed by atoms with Gasteiger partial charge in [-0.2, -0.15) is 50.5 Å². The molecule has 0 rings (SSSR count). The van der Waals surface area contributed by atoms with E-state index in [2.05, 4.69) is 25.1 Å². The van der Waals surface area contributed by atoms with Crippen molar-refractivity contribution in [3.8, 4) is 0 Å². The first-order valence-electron chi connectivity index (χ1n) is 10.9. The van der Waals surface area contributed by atoms with E-state index in [9.17, 15) is 60.7 Å². The fourth-order valence-corrected chi connectivity index (χ4v) is 5.10. The Balaban J connectivity index is 0. The van der Waals surface area contributed by atoms with Gasteiger partial charge in [0.2, 0.25) is 0 Å². The van der Waals surface area contributed by atoms with Gasteiger partial charge in [0.15, 0.2) is 0 Å². The largest absolute Gasteiger partial charge is 0.387 e. The molecular formula is C16H36O20S6. The van der Waals surface area contributed by atoms with Crippen molar-refractivity contribution in [2.45, 2.75) is 37.3 Å². The molecule has 4 atom stereocenters. The minimum Gasteiger partial charge on any atom is -0.387 e. The summed E-state index contributed by atoms with van der Waals surface area (Å²) in [6.07, 6.45) is -3.53. The second-order valence-corrected chi connectivity index (χ2v) is 18.2. The lowest BCUT2D eigenvalue weighted by atomic mass is 10.0. The van der Waals surface area contributed by atoms with Crippen molar-refractivity contribution in [1.29, 1.82) is 0 Å². The molecule has 20 nitrogen and oxygen atoms in total. The van der Waals surface area contributed by atoms with E-state index in [1.807, 2.05) is 0 Å². The number of hydrogen-bond acceptors (Lipinski definition) is 20. The normalized spacial score (nSPS) is 16.6. The molecular weight excluding hydrogens is 705 g/mol.